The van der Waals surface area contributed by atoms with Crippen molar-refractivity contribution in [2.45, 2.75) is 26.7 Å². The summed E-state index contributed by atoms with van der Waals surface area (Å²) in [5.41, 5.74) is 0. The minimum atomic E-state index is 0.360. The average molecular weight is 172 g/mol. The molecule has 0 aromatic rings. The Morgan fingerprint density at radius 1 is 1.27 bits per heavy atom. The molecule has 64 valence electrons. The molecular weight excluding hydrogens is 156 g/mol. The summed E-state index contributed by atoms with van der Waals surface area (Å²) in [5, 5.41) is 0. The van der Waals surface area contributed by atoms with Gasteiger partial charge in [-0.3, -0.25) is 4.79 Å². The molecule has 1 heterocycles. The fraction of sp³-hybridized carbons (Fsp3) is 0.889. The third-order valence-electron chi connectivity index (χ3n) is 2.43. The van der Waals surface area contributed by atoms with E-state index in [-0.39, 0.29) is 0 Å². The van der Waals surface area contributed by atoms with Gasteiger partial charge in [0.2, 0.25) is 0 Å². The largest absolute Gasteiger partial charge is 0.299 e. The van der Waals surface area contributed by atoms with Crippen molar-refractivity contribution in [3.8, 4) is 0 Å². The van der Waals surface area contributed by atoms with E-state index in [2.05, 4.69) is 13.8 Å². The van der Waals surface area contributed by atoms with Crippen LogP contribution in [0.3, 0.4) is 0 Å². The summed E-state index contributed by atoms with van der Waals surface area (Å²) in [7, 11) is 0. The Bertz CT molecular complexity index is 130. The second kappa shape index (κ2) is 4.15. The molecule has 1 fully saturated rings. The highest BCUT2D eigenvalue weighted by Crippen LogP contribution is 2.27. The zero-order chi connectivity index (χ0) is 8.27. The number of thioether (sulfide) groups is 1. The third kappa shape index (κ3) is 1.98. The number of carbonyl (C=O) groups excluding carboxylic acids is 1. The van der Waals surface area contributed by atoms with Gasteiger partial charge in [0.05, 0.1) is 0 Å². The highest BCUT2D eigenvalue weighted by Gasteiger charge is 2.28. The number of Topliss-reactive ketones (excluding diaryl/α,β-unsaturated/α-hetero) is 1. The topological polar surface area (TPSA) is 17.1 Å². The van der Waals surface area contributed by atoms with Gasteiger partial charge in [0.25, 0.3) is 0 Å². The number of rotatable bonds is 2. The molecule has 0 aliphatic carbocycles. The normalized spacial score (nSPS) is 32.4. The van der Waals surface area contributed by atoms with Crippen molar-refractivity contribution in [3.63, 3.8) is 0 Å². The Hall–Kier alpha value is 0.0200. The van der Waals surface area contributed by atoms with E-state index in [0.717, 1.165) is 24.3 Å². The maximum absolute atomic E-state index is 11.6. The maximum Gasteiger partial charge on any atom is 0.140 e. The van der Waals surface area contributed by atoms with Crippen LogP contribution in [0.15, 0.2) is 0 Å². The lowest BCUT2D eigenvalue weighted by atomic mass is 9.91. The van der Waals surface area contributed by atoms with E-state index in [1.165, 1.54) is 0 Å². The van der Waals surface area contributed by atoms with Crippen LogP contribution in [0, 0.1) is 11.8 Å². The molecule has 0 unspecified atom stereocenters. The lowest BCUT2D eigenvalue weighted by Crippen LogP contribution is -2.30. The SMILES string of the molecule is CC[C@@H]1CSC[C@@H](CC)C1=O. The Morgan fingerprint density at radius 2 is 1.73 bits per heavy atom. The monoisotopic (exact) mass is 172 g/mol. The number of hydrogen-bond donors (Lipinski definition) is 0. The van der Waals surface area contributed by atoms with Crippen molar-refractivity contribution in [2.24, 2.45) is 11.8 Å². The van der Waals surface area contributed by atoms with Gasteiger partial charge in [-0.25, -0.2) is 0 Å². The van der Waals surface area contributed by atoms with E-state index in [1.807, 2.05) is 11.8 Å². The van der Waals surface area contributed by atoms with Crippen LogP contribution in [-0.4, -0.2) is 17.3 Å². The molecule has 0 aromatic carbocycles. The van der Waals surface area contributed by atoms with Gasteiger partial charge < -0.3 is 0 Å². The Labute approximate surface area is 72.9 Å². The van der Waals surface area contributed by atoms with Crippen molar-refractivity contribution in [1.82, 2.24) is 0 Å². The van der Waals surface area contributed by atoms with Crippen LogP contribution in [0.4, 0.5) is 0 Å². The van der Waals surface area contributed by atoms with Gasteiger partial charge in [0, 0.05) is 23.3 Å². The molecule has 1 rings (SSSR count). The summed E-state index contributed by atoms with van der Waals surface area (Å²) in [6.45, 7) is 4.22. The molecule has 11 heavy (non-hydrogen) atoms. The summed E-state index contributed by atoms with van der Waals surface area (Å²) in [6, 6.07) is 0. The second-order valence-electron chi connectivity index (χ2n) is 3.15. The van der Waals surface area contributed by atoms with Crippen molar-refractivity contribution in [1.29, 1.82) is 0 Å². The molecule has 1 nitrogen and oxygen atoms in total. The summed E-state index contributed by atoms with van der Waals surface area (Å²) in [4.78, 5) is 11.6. The second-order valence-corrected chi connectivity index (χ2v) is 4.23. The molecule has 1 saturated heterocycles. The Kier molecular flexibility index (Phi) is 3.44. The van der Waals surface area contributed by atoms with E-state index in [0.29, 0.717) is 17.6 Å². The minimum absolute atomic E-state index is 0.360. The average Bonchev–Trinajstić information content (AvgIpc) is 2.05. The molecular formula is C9H16OS. The minimum Gasteiger partial charge on any atom is -0.299 e. The summed E-state index contributed by atoms with van der Waals surface area (Å²) >= 11 is 1.94. The van der Waals surface area contributed by atoms with Gasteiger partial charge in [-0.1, -0.05) is 13.8 Å². The summed E-state index contributed by atoms with van der Waals surface area (Å²) in [5.74, 6) is 3.36. The van der Waals surface area contributed by atoms with Crippen molar-refractivity contribution < 1.29 is 4.79 Å². The van der Waals surface area contributed by atoms with Crippen LogP contribution in [0.25, 0.3) is 0 Å². The van der Waals surface area contributed by atoms with E-state index in [1.54, 1.807) is 0 Å². The number of carbonyl (C=O) groups is 1. The Balaban J connectivity index is 2.52. The molecule has 2 heteroatoms. The molecule has 0 radical (unpaired) electrons. The maximum atomic E-state index is 11.6. The van der Waals surface area contributed by atoms with Crippen LogP contribution in [0.5, 0.6) is 0 Å². The molecule has 0 aromatic heterocycles. The van der Waals surface area contributed by atoms with Crippen LogP contribution in [0.1, 0.15) is 26.7 Å². The quantitative estimate of drug-likeness (QED) is 0.636. The molecule has 0 amide bonds. The lowest BCUT2D eigenvalue weighted by Gasteiger charge is -2.25. The first-order chi connectivity index (χ1) is 5.29. The van der Waals surface area contributed by atoms with E-state index in [9.17, 15) is 4.79 Å². The highest BCUT2D eigenvalue weighted by atomic mass is 32.2. The molecule has 2 atom stereocenters. The molecule has 0 bridgehead atoms. The summed E-state index contributed by atoms with van der Waals surface area (Å²) < 4.78 is 0. The van der Waals surface area contributed by atoms with Crippen molar-refractivity contribution in [2.75, 3.05) is 11.5 Å². The third-order valence-corrected chi connectivity index (χ3v) is 3.70. The van der Waals surface area contributed by atoms with Gasteiger partial charge in [-0.2, -0.15) is 11.8 Å². The predicted molar refractivity (Wildman–Crippen MR) is 49.9 cm³/mol. The number of hydrogen-bond acceptors (Lipinski definition) is 2. The summed E-state index contributed by atoms with van der Waals surface area (Å²) in [6.07, 6.45) is 2.06. The molecule has 1 aliphatic heterocycles. The smallest absolute Gasteiger partial charge is 0.140 e. The molecule has 0 spiro atoms. The standard InChI is InChI=1S/C9H16OS/c1-3-7-5-11-6-8(4-2)9(7)10/h7-8H,3-6H2,1-2H3/t7-,8-/m1/s1. The van der Waals surface area contributed by atoms with Crippen LogP contribution >= 0.6 is 11.8 Å². The first kappa shape index (κ1) is 9.11. The molecule has 0 saturated carbocycles. The van der Waals surface area contributed by atoms with Crippen molar-refractivity contribution in [3.05, 3.63) is 0 Å². The first-order valence-corrected chi connectivity index (χ1v) is 5.56. The lowest BCUT2D eigenvalue weighted by molar-refractivity contribution is -0.125. The number of ketones is 1. The zero-order valence-corrected chi connectivity index (χ0v) is 8.12. The van der Waals surface area contributed by atoms with Crippen molar-refractivity contribution >= 4 is 17.5 Å². The highest BCUT2D eigenvalue weighted by molar-refractivity contribution is 7.99. The van der Waals surface area contributed by atoms with Gasteiger partial charge >= 0.3 is 0 Å². The van der Waals surface area contributed by atoms with Gasteiger partial charge in [0.1, 0.15) is 5.78 Å². The molecule has 1 aliphatic rings. The van der Waals surface area contributed by atoms with Crippen LogP contribution in [0.2, 0.25) is 0 Å². The fourth-order valence-electron chi connectivity index (χ4n) is 1.49. The predicted octanol–water partition coefficient (Wildman–Crippen LogP) is 2.35. The van der Waals surface area contributed by atoms with Gasteiger partial charge in [0.15, 0.2) is 0 Å². The van der Waals surface area contributed by atoms with E-state index < -0.39 is 0 Å². The first-order valence-electron chi connectivity index (χ1n) is 4.41. The Morgan fingerprint density at radius 3 is 2.09 bits per heavy atom. The van der Waals surface area contributed by atoms with Crippen LogP contribution in [-0.2, 0) is 4.79 Å². The molecule has 0 N–H and O–H groups in total. The zero-order valence-electron chi connectivity index (χ0n) is 7.30. The van der Waals surface area contributed by atoms with Gasteiger partial charge in [-0.15, -0.1) is 0 Å². The van der Waals surface area contributed by atoms with Crippen LogP contribution < -0.4 is 0 Å². The van der Waals surface area contributed by atoms with E-state index in [4.69, 9.17) is 0 Å². The van der Waals surface area contributed by atoms with Gasteiger partial charge in [-0.05, 0) is 12.8 Å². The fourth-order valence-corrected chi connectivity index (χ4v) is 2.99. The van der Waals surface area contributed by atoms with E-state index >= 15 is 0 Å².